The van der Waals surface area contributed by atoms with Gasteiger partial charge in [-0.1, -0.05) is 23.2 Å². The van der Waals surface area contributed by atoms with Gasteiger partial charge in [-0.15, -0.1) is 11.3 Å². The monoisotopic (exact) mass is 394 g/mol. The molecule has 0 radical (unpaired) electrons. The topological polar surface area (TPSA) is 17.1 Å². The molecule has 3 rings (SSSR count). The summed E-state index contributed by atoms with van der Waals surface area (Å²) in [6.45, 7) is 2.15. The van der Waals surface area contributed by atoms with Crippen molar-refractivity contribution in [3.63, 3.8) is 0 Å². The Morgan fingerprint density at radius 3 is 2.52 bits per heavy atom. The van der Waals surface area contributed by atoms with E-state index in [9.17, 15) is 4.79 Å². The fourth-order valence-electron chi connectivity index (χ4n) is 3.95. The number of hydrogen-bond donors (Lipinski definition) is 0. The predicted octanol–water partition coefficient (Wildman–Crippen LogP) is 6.91. The Kier molecular flexibility index (Phi) is 6.60. The first kappa shape index (κ1) is 18.9. The molecule has 0 aliphatic heterocycles. The van der Waals surface area contributed by atoms with Gasteiger partial charge in [-0.05, 0) is 87.3 Å². The smallest absolute Gasteiger partial charge is 0.136 e. The Hall–Kier alpha value is -0.830. The van der Waals surface area contributed by atoms with E-state index in [0.717, 1.165) is 44.1 Å². The summed E-state index contributed by atoms with van der Waals surface area (Å²) in [6.07, 6.45) is 7.07. The third-order valence-electron chi connectivity index (χ3n) is 5.20. The molecular formula is C21H24Cl2OS. The highest BCUT2D eigenvalue weighted by molar-refractivity contribution is 7.11. The van der Waals surface area contributed by atoms with E-state index in [1.165, 1.54) is 16.2 Å². The van der Waals surface area contributed by atoms with E-state index in [1.54, 1.807) is 6.07 Å². The Morgan fingerprint density at radius 2 is 1.84 bits per heavy atom. The molecule has 0 bridgehead atoms. The van der Waals surface area contributed by atoms with Crippen molar-refractivity contribution in [3.8, 4) is 0 Å². The molecule has 1 fully saturated rings. The second-order valence-electron chi connectivity index (χ2n) is 7.09. The minimum absolute atomic E-state index is 0.211. The average Bonchev–Trinajstić information content (AvgIpc) is 3.11. The van der Waals surface area contributed by atoms with E-state index in [1.807, 2.05) is 23.5 Å². The number of carbonyl (C=O) groups is 1. The molecule has 1 aliphatic carbocycles. The minimum Gasteiger partial charge on any atom is -0.299 e. The van der Waals surface area contributed by atoms with Crippen LogP contribution in [-0.2, 0) is 17.6 Å². The number of carbonyl (C=O) groups excluding carboxylic acids is 1. The summed E-state index contributed by atoms with van der Waals surface area (Å²) in [5, 5.41) is 1.34. The lowest BCUT2D eigenvalue weighted by Gasteiger charge is -2.18. The Labute approximate surface area is 164 Å². The van der Waals surface area contributed by atoms with Crippen LogP contribution in [0.15, 0.2) is 30.3 Å². The molecule has 0 spiro atoms. The lowest BCUT2D eigenvalue weighted by molar-refractivity contribution is -0.121. The van der Waals surface area contributed by atoms with Crippen LogP contribution in [-0.4, -0.2) is 5.78 Å². The Balaban J connectivity index is 1.52. The molecule has 0 N–H and O–H groups in total. The maximum atomic E-state index is 12.3. The highest BCUT2D eigenvalue weighted by atomic mass is 35.5. The number of halogens is 2. The molecule has 1 aliphatic rings. The fraction of sp³-hybridized carbons (Fsp3) is 0.476. The van der Waals surface area contributed by atoms with Crippen LogP contribution in [0.4, 0.5) is 0 Å². The molecule has 1 aromatic carbocycles. The standard InChI is InChI=1S/C21H24Cl2OS/c1-14-5-8-19(25-14)4-2-3-16-7-10-21(24)20(16)9-6-15-11-17(22)13-18(23)12-15/h5,8,11-13,16,20H,2-4,6-7,9-10H2,1H3/t16-,20+/m0/s1. The molecule has 2 atom stereocenters. The van der Waals surface area contributed by atoms with Gasteiger partial charge in [0.1, 0.15) is 5.78 Å². The number of ketones is 1. The van der Waals surface area contributed by atoms with Gasteiger partial charge in [0.05, 0.1) is 0 Å². The van der Waals surface area contributed by atoms with Crippen LogP contribution in [0.3, 0.4) is 0 Å². The molecule has 0 unspecified atom stereocenters. The molecule has 134 valence electrons. The molecule has 0 amide bonds. The molecule has 4 heteroatoms. The van der Waals surface area contributed by atoms with Crippen molar-refractivity contribution in [2.24, 2.45) is 11.8 Å². The van der Waals surface area contributed by atoms with E-state index in [2.05, 4.69) is 19.1 Å². The summed E-state index contributed by atoms with van der Waals surface area (Å²) in [4.78, 5) is 15.2. The minimum atomic E-state index is 0.211. The summed E-state index contributed by atoms with van der Waals surface area (Å²) in [7, 11) is 0. The number of Topliss-reactive ketones (excluding diaryl/α,β-unsaturated/α-hetero) is 1. The number of benzene rings is 1. The maximum absolute atomic E-state index is 12.3. The summed E-state index contributed by atoms with van der Waals surface area (Å²) >= 11 is 14.1. The van der Waals surface area contributed by atoms with E-state index in [-0.39, 0.29) is 5.92 Å². The molecular weight excluding hydrogens is 371 g/mol. The second kappa shape index (κ2) is 8.70. The third-order valence-corrected chi connectivity index (χ3v) is 6.70. The van der Waals surface area contributed by atoms with Gasteiger partial charge in [-0.25, -0.2) is 0 Å². The average molecular weight is 395 g/mol. The second-order valence-corrected chi connectivity index (χ2v) is 9.34. The van der Waals surface area contributed by atoms with Gasteiger partial charge in [0.15, 0.2) is 0 Å². The van der Waals surface area contributed by atoms with Crippen molar-refractivity contribution in [1.29, 1.82) is 0 Å². The maximum Gasteiger partial charge on any atom is 0.136 e. The van der Waals surface area contributed by atoms with Gasteiger partial charge in [0.2, 0.25) is 0 Å². The lowest BCUT2D eigenvalue weighted by Crippen LogP contribution is -2.16. The summed E-state index contributed by atoms with van der Waals surface area (Å²) in [5.74, 6) is 1.20. The SMILES string of the molecule is Cc1ccc(CCC[C@H]2CCC(=O)[C@@H]2CCc2cc(Cl)cc(Cl)c2)s1. The number of aryl methyl sites for hydroxylation is 3. The summed E-state index contributed by atoms with van der Waals surface area (Å²) < 4.78 is 0. The fourth-order valence-corrected chi connectivity index (χ4v) is 5.46. The van der Waals surface area contributed by atoms with E-state index < -0.39 is 0 Å². The molecule has 25 heavy (non-hydrogen) atoms. The van der Waals surface area contributed by atoms with Crippen LogP contribution >= 0.6 is 34.5 Å². The van der Waals surface area contributed by atoms with Crippen molar-refractivity contribution >= 4 is 40.3 Å². The van der Waals surface area contributed by atoms with Crippen LogP contribution in [0.25, 0.3) is 0 Å². The predicted molar refractivity (Wildman–Crippen MR) is 108 cm³/mol. The summed E-state index contributed by atoms with van der Waals surface area (Å²) in [6, 6.07) is 10.1. The molecule has 2 aromatic rings. The van der Waals surface area contributed by atoms with Crippen molar-refractivity contribution in [1.82, 2.24) is 0 Å². The quantitative estimate of drug-likeness (QED) is 0.498. The number of rotatable bonds is 7. The Bertz CT molecular complexity index is 717. The molecule has 1 nitrogen and oxygen atoms in total. The zero-order valence-corrected chi connectivity index (χ0v) is 16.9. The number of thiophene rings is 1. The zero-order chi connectivity index (χ0) is 17.8. The van der Waals surface area contributed by atoms with Gasteiger partial charge in [0.25, 0.3) is 0 Å². The zero-order valence-electron chi connectivity index (χ0n) is 14.6. The largest absolute Gasteiger partial charge is 0.299 e. The molecule has 1 saturated carbocycles. The van der Waals surface area contributed by atoms with Crippen LogP contribution in [0.2, 0.25) is 10.0 Å². The molecule has 0 saturated heterocycles. The highest BCUT2D eigenvalue weighted by Gasteiger charge is 2.33. The van der Waals surface area contributed by atoms with E-state index >= 15 is 0 Å². The van der Waals surface area contributed by atoms with Gasteiger partial charge < -0.3 is 0 Å². The molecule has 1 heterocycles. The van der Waals surface area contributed by atoms with Crippen molar-refractivity contribution in [2.75, 3.05) is 0 Å². The number of hydrogen-bond acceptors (Lipinski definition) is 2. The first-order valence-corrected chi connectivity index (χ1v) is 10.6. The van der Waals surface area contributed by atoms with Crippen LogP contribution < -0.4 is 0 Å². The van der Waals surface area contributed by atoms with Gasteiger partial charge >= 0.3 is 0 Å². The highest BCUT2D eigenvalue weighted by Crippen LogP contribution is 2.36. The lowest BCUT2D eigenvalue weighted by atomic mass is 9.86. The molecule has 1 aromatic heterocycles. The Morgan fingerprint density at radius 1 is 1.08 bits per heavy atom. The van der Waals surface area contributed by atoms with Crippen LogP contribution in [0, 0.1) is 18.8 Å². The van der Waals surface area contributed by atoms with Crippen molar-refractivity contribution < 1.29 is 4.79 Å². The van der Waals surface area contributed by atoms with Crippen LogP contribution in [0.1, 0.15) is 47.4 Å². The van der Waals surface area contributed by atoms with E-state index in [4.69, 9.17) is 23.2 Å². The van der Waals surface area contributed by atoms with Gasteiger partial charge in [-0.2, -0.15) is 0 Å². The third kappa shape index (κ3) is 5.32. The van der Waals surface area contributed by atoms with Gasteiger partial charge in [-0.3, -0.25) is 4.79 Å². The van der Waals surface area contributed by atoms with Crippen molar-refractivity contribution in [2.45, 2.75) is 51.9 Å². The van der Waals surface area contributed by atoms with Gasteiger partial charge in [0, 0.05) is 32.1 Å². The van der Waals surface area contributed by atoms with Crippen molar-refractivity contribution in [3.05, 3.63) is 55.7 Å². The first-order chi connectivity index (χ1) is 12.0. The van der Waals surface area contributed by atoms with Crippen LogP contribution in [0.5, 0.6) is 0 Å². The normalized spacial score (nSPS) is 20.4. The first-order valence-electron chi connectivity index (χ1n) is 9.04. The van der Waals surface area contributed by atoms with E-state index in [0.29, 0.717) is 21.7 Å². The summed E-state index contributed by atoms with van der Waals surface area (Å²) in [5.41, 5.74) is 1.13.